The Morgan fingerprint density at radius 3 is 2.64 bits per heavy atom. The fraction of sp³-hybridized carbons (Fsp3) is 0.364. The van der Waals surface area contributed by atoms with Gasteiger partial charge in [-0.2, -0.15) is 0 Å². The summed E-state index contributed by atoms with van der Waals surface area (Å²) >= 11 is 0. The zero-order valence-corrected chi connectivity index (χ0v) is 16.7. The van der Waals surface area contributed by atoms with Gasteiger partial charge in [0.2, 0.25) is 0 Å². The monoisotopic (exact) mass is 377 g/mol. The van der Waals surface area contributed by atoms with Crippen LogP contribution in [0.5, 0.6) is 0 Å². The van der Waals surface area contributed by atoms with Crippen LogP contribution < -0.4 is 10.2 Å². The summed E-state index contributed by atoms with van der Waals surface area (Å²) in [7, 11) is 0. The highest BCUT2D eigenvalue weighted by Gasteiger charge is 2.25. The molecule has 0 saturated carbocycles. The number of aromatic nitrogens is 2. The van der Waals surface area contributed by atoms with Crippen LogP contribution in [0, 0.1) is 6.92 Å². The Hall–Kier alpha value is -3.02. The molecule has 0 radical (unpaired) electrons. The third-order valence-corrected chi connectivity index (χ3v) is 5.13. The molecule has 28 heavy (non-hydrogen) atoms. The molecular formula is C22H27N5O. The molecule has 1 amide bonds. The van der Waals surface area contributed by atoms with Crippen LogP contribution >= 0.6 is 0 Å². The van der Waals surface area contributed by atoms with Crippen molar-refractivity contribution in [1.82, 2.24) is 14.5 Å². The van der Waals surface area contributed by atoms with Gasteiger partial charge in [-0.15, -0.1) is 0 Å². The first-order valence-corrected chi connectivity index (χ1v) is 9.86. The molecule has 6 heteroatoms. The highest BCUT2D eigenvalue weighted by molar-refractivity contribution is 5.92. The molecule has 3 heterocycles. The molecule has 1 saturated heterocycles. The number of carbonyl (C=O) groups excluding carboxylic acids is 1. The van der Waals surface area contributed by atoms with Gasteiger partial charge in [-0.3, -0.25) is 4.57 Å². The van der Waals surface area contributed by atoms with Crippen molar-refractivity contribution in [2.75, 3.05) is 36.4 Å². The molecule has 2 aromatic heterocycles. The molecule has 1 aliphatic heterocycles. The molecule has 0 spiro atoms. The maximum atomic E-state index is 13.1. The summed E-state index contributed by atoms with van der Waals surface area (Å²) < 4.78 is 1.76. The van der Waals surface area contributed by atoms with Gasteiger partial charge in [-0.1, -0.05) is 11.6 Å². The Balaban J connectivity index is 1.48. The number of anilines is 2. The number of pyridine rings is 1. The van der Waals surface area contributed by atoms with Gasteiger partial charge in [0.05, 0.1) is 11.2 Å². The van der Waals surface area contributed by atoms with Gasteiger partial charge in [-0.05, 0) is 51.1 Å². The van der Waals surface area contributed by atoms with Crippen molar-refractivity contribution in [3.63, 3.8) is 0 Å². The lowest BCUT2D eigenvalue weighted by atomic mass is 10.2. The smallest absolute Gasteiger partial charge is 0.328 e. The number of amides is 1. The van der Waals surface area contributed by atoms with E-state index in [2.05, 4.69) is 48.1 Å². The van der Waals surface area contributed by atoms with Crippen LogP contribution in [-0.4, -0.2) is 52.7 Å². The molecule has 1 fully saturated rings. The van der Waals surface area contributed by atoms with Crippen molar-refractivity contribution in [2.24, 2.45) is 0 Å². The van der Waals surface area contributed by atoms with Crippen molar-refractivity contribution < 1.29 is 4.79 Å². The van der Waals surface area contributed by atoms with Crippen molar-refractivity contribution in [3.8, 4) is 0 Å². The summed E-state index contributed by atoms with van der Waals surface area (Å²) in [6.45, 7) is 9.22. The molecule has 0 bridgehead atoms. The second-order valence-electron chi connectivity index (χ2n) is 7.68. The van der Waals surface area contributed by atoms with Crippen LogP contribution in [0.4, 0.5) is 16.3 Å². The highest BCUT2D eigenvalue weighted by atomic mass is 16.2. The average molecular weight is 377 g/mol. The number of nitrogens with one attached hydrogen (secondary N) is 1. The van der Waals surface area contributed by atoms with E-state index in [1.165, 1.54) is 5.56 Å². The van der Waals surface area contributed by atoms with E-state index in [4.69, 9.17) is 0 Å². The number of piperazine rings is 1. The maximum Gasteiger partial charge on any atom is 0.328 e. The maximum absolute atomic E-state index is 13.1. The van der Waals surface area contributed by atoms with E-state index in [0.29, 0.717) is 19.1 Å². The predicted molar refractivity (Wildman–Crippen MR) is 114 cm³/mol. The fourth-order valence-electron chi connectivity index (χ4n) is 3.76. The van der Waals surface area contributed by atoms with Gasteiger partial charge in [0.1, 0.15) is 0 Å². The molecule has 0 unspecified atom stereocenters. The number of fused-ring (bicyclic) bond motifs is 1. The lowest BCUT2D eigenvalue weighted by molar-refractivity contribution is 0.197. The number of benzene rings is 1. The van der Waals surface area contributed by atoms with Crippen molar-refractivity contribution >= 4 is 28.4 Å². The molecule has 0 atom stereocenters. The Bertz CT molecular complexity index is 986. The molecule has 3 aromatic rings. The van der Waals surface area contributed by atoms with Crippen LogP contribution in [0.25, 0.3) is 10.9 Å². The van der Waals surface area contributed by atoms with Crippen molar-refractivity contribution in [3.05, 3.63) is 54.4 Å². The normalized spacial score (nSPS) is 14.7. The Morgan fingerprint density at radius 1 is 1.11 bits per heavy atom. The molecule has 1 N–H and O–H groups in total. The lowest BCUT2D eigenvalue weighted by Crippen LogP contribution is -2.50. The van der Waals surface area contributed by atoms with Crippen LogP contribution in [0.2, 0.25) is 0 Å². The van der Waals surface area contributed by atoms with Gasteiger partial charge >= 0.3 is 6.03 Å². The van der Waals surface area contributed by atoms with Crippen LogP contribution in [0.3, 0.4) is 0 Å². The summed E-state index contributed by atoms with van der Waals surface area (Å²) in [4.78, 5) is 21.8. The second-order valence-corrected chi connectivity index (χ2v) is 7.68. The molecule has 6 nitrogen and oxygen atoms in total. The summed E-state index contributed by atoms with van der Waals surface area (Å²) in [6, 6.07) is 12.6. The molecule has 0 aliphatic carbocycles. The highest BCUT2D eigenvalue weighted by Crippen LogP contribution is 2.25. The largest absolute Gasteiger partial charge is 0.380 e. The van der Waals surface area contributed by atoms with E-state index in [1.807, 2.05) is 41.6 Å². The summed E-state index contributed by atoms with van der Waals surface area (Å²) in [5, 5.41) is 4.56. The van der Waals surface area contributed by atoms with Crippen LogP contribution in [-0.2, 0) is 0 Å². The van der Waals surface area contributed by atoms with E-state index in [0.717, 1.165) is 35.5 Å². The topological polar surface area (TPSA) is 53.4 Å². The van der Waals surface area contributed by atoms with E-state index < -0.39 is 0 Å². The summed E-state index contributed by atoms with van der Waals surface area (Å²) in [5.74, 6) is 0.963. The number of aryl methyl sites for hydroxylation is 1. The molecular weight excluding hydrogens is 350 g/mol. The number of carbonyl (C=O) groups is 1. The van der Waals surface area contributed by atoms with Crippen molar-refractivity contribution in [2.45, 2.75) is 26.8 Å². The summed E-state index contributed by atoms with van der Waals surface area (Å²) in [5.41, 5.74) is 3.21. The van der Waals surface area contributed by atoms with Crippen LogP contribution in [0.1, 0.15) is 19.4 Å². The third-order valence-electron chi connectivity index (χ3n) is 5.13. The number of hydrogen-bond donors (Lipinski definition) is 1. The van der Waals surface area contributed by atoms with E-state index in [-0.39, 0.29) is 6.03 Å². The zero-order chi connectivity index (χ0) is 19.7. The van der Waals surface area contributed by atoms with Gasteiger partial charge in [0.15, 0.2) is 5.82 Å². The fourth-order valence-corrected chi connectivity index (χ4v) is 3.76. The van der Waals surface area contributed by atoms with E-state index in [1.54, 1.807) is 4.57 Å². The average Bonchev–Trinajstić information content (AvgIpc) is 3.10. The zero-order valence-electron chi connectivity index (χ0n) is 16.7. The van der Waals surface area contributed by atoms with Crippen molar-refractivity contribution in [1.29, 1.82) is 0 Å². The second kappa shape index (κ2) is 7.54. The van der Waals surface area contributed by atoms with Gasteiger partial charge in [0, 0.05) is 50.0 Å². The molecule has 4 rings (SSSR count). The Morgan fingerprint density at radius 2 is 1.89 bits per heavy atom. The SMILES string of the molecule is Cc1ccc2c(ccn2C(=O)N2CCN(c3ncccc3NC(C)C)CC2)c1. The first-order valence-electron chi connectivity index (χ1n) is 9.86. The molecule has 1 aromatic carbocycles. The number of hydrogen-bond acceptors (Lipinski definition) is 4. The first kappa shape index (κ1) is 18.3. The van der Waals surface area contributed by atoms with Gasteiger partial charge in [0.25, 0.3) is 0 Å². The molecule has 1 aliphatic rings. The first-order chi connectivity index (χ1) is 13.5. The summed E-state index contributed by atoms with van der Waals surface area (Å²) in [6.07, 6.45) is 3.70. The number of rotatable bonds is 3. The standard InChI is InChI=1S/C22H27N5O/c1-16(2)24-19-5-4-9-23-21(19)25-11-13-26(14-12-25)22(28)27-10-8-18-15-17(3)6-7-20(18)27/h4-10,15-16,24H,11-14H2,1-3H3. The van der Waals surface area contributed by atoms with E-state index >= 15 is 0 Å². The van der Waals surface area contributed by atoms with Gasteiger partial charge < -0.3 is 15.1 Å². The minimum atomic E-state index is 0.0417. The van der Waals surface area contributed by atoms with Gasteiger partial charge in [-0.25, -0.2) is 9.78 Å². The van der Waals surface area contributed by atoms with Crippen LogP contribution in [0.15, 0.2) is 48.8 Å². The lowest BCUT2D eigenvalue weighted by Gasteiger charge is -2.36. The predicted octanol–water partition coefficient (Wildman–Crippen LogP) is 3.96. The Labute approximate surface area is 165 Å². The number of nitrogens with zero attached hydrogens (tertiary/aromatic N) is 4. The Kier molecular flexibility index (Phi) is 4.94. The van der Waals surface area contributed by atoms with E-state index in [9.17, 15) is 4.79 Å². The third kappa shape index (κ3) is 3.54. The molecule has 146 valence electrons. The minimum Gasteiger partial charge on any atom is -0.380 e. The minimum absolute atomic E-state index is 0.0417. The quantitative estimate of drug-likeness (QED) is 0.751.